The monoisotopic (exact) mass is 580 g/mol. The van der Waals surface area contributed by atoms with E-state index in [1.807, 2.05) is 0 Å². The first-order valence-electron chi connectivity index (χ1n) is 16.0. The molecule has 9 aromatic rings. The molecule has 1 aliphatic carbocycles. The van der Waals surface area contributed by atoms with E-state index in [0.29, 0.717) is 0 Å². The smallest absolute Gasteiger partial charge is 0.00201 e. The molecule has 0 unspecified atom stereocenters. The topological polar surface area (TPSA) is 0 Å². The Morgan fingerprint density at radius 2 is 0.609 bits per heavy atom. The van der Waals surface area contributed by atoms with E-state index in [1.165, 1.54) is 98.7 Å². The Bertz CT molecular complexity index is 2650. The molecule has 0 saturated carbocycles. The lowest BCUT2D eigenvalue weighted by Gasteiger charge is -2.17. The summed E-state index contributed by atoms with van der Waals surface area (Å²) in [5, 5.41) is 10.4. The van der Waals surface area contributed by atoms with Gasteiger partial charge in [0.1, 0.15) is 0 Å². The van der Waals surface area contributed by atoms with Crippen molar-refractivity contribution in [2.45, 2.75) is 0 Å². The van der Waals surface area contributed by atoms with Gasteiger partial charge < -0.3 is 0 Å². The van der Waals surface area contributed by atoms with Crippen LogP contribution < -0.4 is 0 Å². The zero-order valence-corrected chi connectivity index (χ0v) is 25.2. The van der Waals surface area contributed by atoms with Gasteiger partial charge in [-0.25, -0.2) is 0 Å². The second-order valence-electron chi connectivity index (χ2n) is 12.4. The normalized spacial score (nSPS) is 11.9. The van der Waals surface area contributed by atoms with Crippen LogP contribution in [0.5, 0.6) is 0 Å². The van der Waals surface area contributed by atoms with Crippen LogP contribution in [0.3, 0.4) is 0 Å². The van der Waals surface area contributed by atoms with E-state index < -0.39 is 0 Å². The van der Waals surface area contributed by atoms with Crippen LogP contribution in [0, 0.1) is 0 Å². The molecule has 0 aliphatic heterocycles. The summed E-state index contributed by atoms with van der Waals surface area (Å²) in [6.07, 6.45) is 0. The SMILES string of the molecule is c1ccc(-c2ccc3c4c(cccc24)-c2cc4c(-c5ccccc5)cc5c6ccccc6c(-c6ccccc6)cc5c4cc2-3)cc1. The van der Waals surface area contributed by atoms with Gasteiger partial charge in [0.15, 0.2) is 0 Å². The van der Waals surface area contributed by atoms with Crippen LogP contribution in [0.1, 0.15) is 0 Å². The van der Waals surface area contributed by atoms with Crippen LogP contribution in [0.2, 0.25) is 0 Å². The van der Waals surface area contributed by atoms with Gasteiger partial charge in [-0.1, -0.05) is 146 Å². The van der Waals surface area contributed by atoms with Gasteiger partial charge in [0.05, 0.1) is 0 Å². The van der Waals surface area contributed by atoms with E-state index in [2.05, 4.69) is 170 Å². The zero-order chi connectivity index (χ0) is 30.2. The Labute approximate surface area is 267 Å². The van der Waals surface area contributed by atoms with Crippen molar-refractivity contribution in [3.63, 3.8) is 0 Å². The lowest BCUT2D eigenvalue weighted by molar-refractivity contribution is 1.65. The highest BCUT2D eigenvalue weighted by atomic mass is 14.3. The van der Waals surface area contributed by atoms with Gasteiger partial charge in [0.25, 0.3) is 0 Å². The van der Waals surface area contributed by atoms with Gasteiger partial charge in [-0.15, -0.1) is 0 Å². The molecule has 0 bridgehead atoms. The third-order valence-electron chi connectivity index (χ3n) is 9.99. The molecule has 0 heterocycles. The van der Waals surface area contributed by atoms with E-state index in [-0.39, 0.29) is 0 Å². The summed E-state index contributed by atoms with van der Waals surface area (Å²) >= 11 is 0. The fourth-order valence-electron chi connectivity index (χ4n) is 7.93. The highest BCUT2D eigenvalue weighted by Crippen LogP contribution is 2.52. The van der Waals surface area contributed by atoms with Crippen LogP contribution in [0.25, 0.3) is 98.7 Å². The number of hydrogen-bond acceptors (Lipinski definition) is 0. The molecule has 0 amide bonds. The van der Waals surface area contributed by atoms with E-state index in [0.717, 1.165) is 0 Å². The maximum Gasteiger partial charge on any atom is -0.00201 e. The van der Waals surface area contributed by atoms with Crippen molar-refractivity contribution in [3.8, 4) is 55.6 Å². The standard InChI is InChI=1S/C46H28/c1-4-13-29(14-5-1)32-23-24-37-42-28-45-43(27-41(42)36-22-12-21-35(32)46(36)37)39(31-17-8-3-9-18-31)26-40-34-20-11-10-19-33(34)38(25-44(40)45)30-15-6-2-7-16-30/h1-28H. The fraction of sp³-hybridized carbons (Fsp3) is 0. The highest BCUT2D eigenvalue weighted by molar-refractivity contribution is 6.27. The van der Waals surface area contributed by atoms with Crippen molar-refractivity contribution in [1.29, 1.82) is 0 Å². The third-order valence-corrected chi connectivity index (χ3v) is 9.99. The molecule has 0 heteroatoms. The van der Waals surface area contributed by atoms with Crippen LogP contribution in [0.15, 0.2) is 170 Å². The zero-order valence-electron chi connectivity index (χ0n) is 25.2. The molecule has 46 heavy (non-hydrogen) atoms. The predicted octanol–water partition coefficient (Wildman–Crippen LogP) is 12.9. The maximum absolute atomic E-state index is 2.49. The lowest BCUT2D eigenvalue weighted by Crippen LogP contribution is -1.90. The molecule has 0 atom stereocenters. The highest BCUT2D eigenvalue weighted by Gasteiger charge is 2.25. The molecule has 0 spiro atoms. The first-order chi connectivity index (χ1) is 22.8. The van der Waals surface area contributed by atoms with Crippen molar-refractivity contribution in [3.05, 3.63) is 170 Å². The third kappa shape index (κ3) is 3.62. The van der Waals surface area contributed by atoms with Crippen LogP contribution in [-0.4, -0.2) is 0 Å². The second kappa shape index (κ2) is 9.76. The van der Waals surface area contributed by atoms with Crippen LogP contribution in [-0.2, 0) is 0 Å². The van der Waals surface area contributed by atoms with Gasteiger partial charge in [-0.05, 0) is 123 Å². The summed E-state index contributed by atoms with van der Waals surface area (Å²) in [6, 6.07) is 62.7. The summed E-state index contributed by atoms with van der Waals surface area (Å²) in [7, 11) is 0. The van der Waals surface area contributed by atoms with E-state index in [4.69, 9.17) is 0 Å². The Kier molecular flexibility index (Phi) is 5.38. The Morgan fingerprint density at radius 3 is 1.26 bits per heavy atom. The van der Waals surface area contributed by atoms with Gasteiger partial charge in [-0.3, -0.25) is 0 Å². The van der Waals surface area contributed by atoms with Gasteiger partial charge >= 0.3 is 0 Å². The minimum atomic E-state index is 1.24. The lowest BCUT2D eigenvalue weighted by atomic mass is 9.86. The summed E-state index contributed by atoms with van der Waals surface area (Å²) < 4.78 is 0. The largest absolute Gasteiger partial charge is 0.0622 e. The Morgan fingerprint density at radius 1 is 0.196 bits per heavy atom. The molecule has 0 aromatic heterocycles. The van der Waals surface area contributed by atoms with Crippen LogP contribution >= 0.6 is 0 Å². The summed E-state index contributed by atoms with van der Waals surface area (Å²) in [6.45, 7) is 0. The second-order valence-corrected chi connectivity index (χ2v) is 12.4. The Balaban J connectivity index is 1.35. The van der Waals surface area contributed by atoms with Crippen LogP contribution in [0.4, 0.5) is 0 Å². The number of rotatable bonds is 3. The summed E-state index contributed by atoms with van der Waals surface area (Å²) in [5.74, 6) is 0. The summed E-state index contributed by atoms with van der Waals surface area (Å²) in [4.78, 5) is 0. The number of benzene rings is 9. The summed E-state index contributed by atoms with van der Waals surface area (Å²) in [5.41, 5.74) is 12.9. The molecule has 0 N–H and O–H groups in total. The van der Waals surface area contributed by atoms with Crippen molar-refractivity contribution in [2.24, 2.45) is 0 Å². The van der Waals surface area contributed by atoms with Gasteiger partial charge in [0.2, 0.25) is 0 Å². The average Bonchev–Trinajstić information content (AvgIpc) is 3.45. The van der Waals surface area contributed by atoms with Gasteiger partial charge in [-0.2, -0.15) is 0 Å². The maximum atomic E-state index is 2.49. The fourth-order valence-corrected chi connectivity index (χ4v) is 7.93. The van der Waals surface area contributed by atoms with Crippen molar-refractivity contribution in [1.82, 2.24) is 0 Å². The van der Waals surface area contributed by atoms with E-state index in [9.17, 15) is 0 Å². The molecule has 212 valence electrons. The minimum absolute atomic E-state index is 1.24. The predicted molar refractivity (Wildman–Crippen MR) is 197 cm³/mol. The van der Waals surface area contributed by atoms with E-state index in [1.54, 1.807) is 0 Å². The number of hydrogen-bond donors (Lipinski definition) is 0. The molecule has 0 nitrogen and oxygen atoms in total. The first-order valence-corrected chi connectivity index (χ1v) is 16.0. The van der Waals surface area contributed by atoms with Gasteiger partial charge in [0, 0.05) is 0 Å². The number of fused-ring (bicyclic) bond motifs is 8. The first kappa shape index (κ1) is 25.4. The molecule has 0 saturated heterocycles. The molecule has 9 aromatic carbocycles. The molecular formula is C46H28. The van der Waals surface area contributed by atoms with Crippen molar-refractivity contribution in [2.75, 3.05) is 0 Å². The molecule has 0 radical (unpaired) electrons. The molecule has 0 fully saturated rings. The minimum Gasteiger partial charge on any atom is -0.0622 e. The van der Waals surface area contributed by atoms with Crippen molar-refractivity contribution >= 4 is 43.1 Å². The molecule has 10 rings (SSSR count). The quantitative estimate of drug-likeness (QED) is 0.182. The average molecular weight is 581 g/mol. The van der Waals surface area contributed by atoms with E-state index >= 15 is 0 Å². The Hall–Kier alpha value is -5.98. The molecule has 1 aliphatic rings. The van der Waals surface area contributed by atoms with Crippen molar-refractivity contribution < 1.29 is 0 Å². The molecular weight excluding hydrogens is 553 g/mol.